The quantitative estimate of drug-likeness (QED) is 0.555. The Morgan fingerprint density at radius 1 is 1.50 bits per heavy atom. The van der Waals surface area contributed by atoms with Gasteiger partial charge in [-0.3, -0.25) is 0 Å². The zero-order valence-corrected chi connectivity index (χ0v) is 6.28. The zero-order valence-electron chi connectivity index (χ0n) is 5.52. The van der Waals surface area contributed by atoms with Gasteiger partial charge in [0.05, 0.1) is 5.02 Å². The Labute approximate surface area is 65.0 Å². The van der Waals surface area contributed by atoms with Crippen molar-refractivity contribution in [1.29, 1.82) is 0 Å². The molecule has 0 saturated heterocycles. The van der Waals surface area contributed by atoms with E-state index in [9.17, 15) is 0 Å². The molecule has 1 radical (unpaired) electrons. The Hall–Kier alpha value is -0.560. The molecule has 0 spiro atoms. The summed E-state index contributed by atoms with van der Waals surface area (Å²) in [4.78, 5) is 4.10. The van der Waals surface area contributed by atoms with Crippen molar-refractivity contribution in [3.63, 3.8) is 0 Å². The number of aromatic nitrogens is 1. The summed E-state index contributed by atoms with van der Waals surface area (Å²) >= 11 is 5.71. The fraction of sp³-hybridized carbons (Fsp3) is 0.375. The molecule has 0 amide bonds. The van der Waals surface area contributed by atoms with Gasteiger partial charge in [0, 0.05) is 5.69 Å². The van der Waals surface area contributed by atoms with E-state index in [0.29, 0.717) is 5.02 Å². The molecular weight excluding hydrogens is 146 g/mol. The molecule has 1 heterocycles. The first-order valence-corrected chi connectivity index (χ1v) is 3.80. The van der Waals surface area contributed by atoms with E-state index in [2.05, 4.69) is 11.2 Å². The van der Waals surface area contributed by atoms with Crippen LogP contribution in [0, 0.1) is 6.20 Å². The lowest BCUT2D eigenvalue weighted by Gasteiger charge is -1.94. The Morgan fingerprint density at radius 2 is 2.40 bits per heavy atom. The third kappa shape index (κ3) is 0.907. The van der Waals surface area contributed by atoms with Crippen molar-refractivity contribution >= 4 is 11.6 Å². The lowest BCUT2D eigenvalue weighted by atomic mass is 10.2. The molecule has 0 saturated carbocycles. The maximum Gasteiger partial charge on any atom is 0.109 e. The highest BCUT2D eigenvalue weighted by Crippen LogP contribution is 2.21. The highest BCUT2D eigenvalue weighted by atomic mass is 35.5. The summed E-state index contributed by atoms with van der Waals surface area (Å²) < 4.78 is 0. The van der Waals surface area contributed by atoms with Crippen molar-refractivity contribution in [3.8, 4) is 0 Å². The van der Waals surface area contributed by atoms with Gasteiger partial charge in [-0.25, -0.2) is 4.98 Å². The fourth-order valence-corrected chi connectivity index (χ4v) is 1.51. The lowest BCUT2D eigenvalue weighted by molar-refractivity contribution is 0.899. The summed E-state index contributed by atoms with van der Waals surface area (Å²) in [5.74, 6) is 0. The van der Waals surface area contributed by atoms with Crippen LogP contribution in [0.5, 0.6) is 0 Å². The van der Waals surface area contributed by atoms with E-state index in [-0.39, 0.29) is 0 Å². The molecule has 0 aromatic carbocycles. The second-order valence-corrected chi connectivity index (χ2v) is 2.95. The number of pyridine rings is 1. The molecule has 1 aromatic rings. The molecule has 1 aliphatic rings. The average Bonchev–Trinajstić information content (AvgIpc) is 2.33. The average molecular weight is 153 g/mol. The summed E-state index contributed by atoms with van der Waals surface area (Å²) in [6.45, 7) is 0. The summed E-state index contributed by atoms with van der Waals surface area (Å²) in [5, 5.41) is 0.639. The van der Waals surface area contributed by atoms with Gasteiger partial charge in [0.1, 0.15) is 6.20 Å². The van der Waals surface area contributed by atoms with Crippen LogP contribution >= 0.6 is 11.6 Å². The highest BCUT2D eigenvalue weighted by Gasteiger charge is 2.11. The van der Waals surface area contributed by atoms with Gasteiger partial charge in [0.25, 0.3) is 0 Å². The van der Waals surface area contributed by atoms with Gasteiger partial charge in [0.2, 0.25) is 0 Å². The second kappa shape index (κ2) is 2.24. The molecule has 10 heavy (non-hydrogen) atoms. The van der Waals surface area contributed by atoms with Crippen LogP contribution in [0.3, 0.4) is 0 Å². The van der Waals surface area contributed by atoms with Crippen LogP contribution < -0.4 is 0 Å². The van der Waals surface area contributed by atoms with Gasteiger partial charge in [-0.05, 0) is 30.9 Å². The van der Waals surface area contributed by atoms with E-state index in [1.54, 1.807) is 0 Å². The van der Waals surface area contributed by atoms with E-state index in [1.165, 1.54) is 17.7 Å². The van der Waals surface area contributed by atoms with Crippen LogP contribution in [-0.2, 0) is 12.8 Å². The molecule has 2 heteroatoms. The highest BCUT2D eigenvalue weighted by molar-refractivity contribution is 6.30. The number of rotatable bonds is 0. The first-order valence-electron chi connectivity index (χ1n) is 3.42. The Bertz CT molecular complexity index is 257. The van der Waals surface area contributed by atoms with Gasteiger partial charge in [-0.2, -0.15) is 0 Å². The normalized spacial score (nSPS) is 15.3. The predicted molar refractivity (Wildman–Crippen MR) is 40.1 cm³/mol. The van der Waals surface area contributed by atoms with Gasteiger partial charge in [-0.15, -0.1) is 0 Å². The standard InChI is InChI=1S/C8H7ClN/c9-7-4-6-2-1-3-8(6)10-5-7/h4H,1-3H2. The van der Waals surface area contributed by atoms with E-state index in [0.717, 1.165) is 12.8 Å². The molecular formula is C8H7ClN. The molecule has 0 fully saturated rings. The predicted octanol–water partition coefficient (Wildman–Crippen LogP) is 2.02. The smallest absolute Gasteiger partial charge is 0.109 e. The fourth-order valence-electron chi connectivity index (χ4n) is 1.34. The Balaban J connectivity index is 2.52. The zero-order chi connectivity index (χ0) is 6.97. The van der Waals surface area contributed by atoms with Gasteiger partial charge >= 0.3 is 0 Å². The minimum atomic E-state index is 0.639. The maximum absolute atomic E-state index is 5.71. The van der Waals surface area contributed by atoms with Crippen molar-refractivity contribution < 1.29 is 0 Å². The Morgan fingerprint density at radius 3 is 3.30 bits per heavy atom. The summed E-state index contributed by atoms with van der Waals surface area (Å²) in [6, 6.07) is 1.97. The van der Waals surface area contributed by atoms with Crippen molar-refractivity contribution in [3.05, 3.63) is 28.5 Å². The van der Waals surface area contributed by atoms with E-state index in [1.807, 2.05) is 6.07 Å². The third-order valence-electron chi connectivity index (χ3n) is 1.83. The molecule has 1 aromatic heterocycles. The van der Waals surface area contributed by atoms with Crippen molar-refractivity contribution in [1.82, 2.24) is 4.98 Å². The molecule has 1 nitrogen and oxygen atoms in total. The van der Waals surface area contributed by atoms with Crippen molar-refractivity contribution in [2.24, 2.45) is 0 Å². The second-order valence-electron chi connectivity index (χ2n) is 2.54. The van der Waals surface area contributed by atoms with E-state index in [4.69, 9.17) is 11.6 Å². The minimum absolute atomic E-state index is 0.639. The summed E-state index contributed by atoms with van der Waals surface area (Å²) in [5.41, 5.74) is 2.49. The lowest BCUT2D eigenvalue weighted by Crippen LogP contribution is -1.86. The number of fused-ring (bicyclic) bond motifs is 1. The van der Waals surface area contributed by atoms with Crippen LogP contribution in [0.4, 0.5) is 0 Å². The van der Waals surface area contributed by atoms with Crippen molar-refractivity contribution in [2.45, 2.75) is 19.3 Å². The molecule has 1 aliphatic carbocycles. The summed E-state index contributed by atoms with van der Waals surface area (Å²) in [7, 11) is 0. The monoisotopic (exact) mass is 152 g/mol. The summed E-state index contributed by atoms with van der Waals surface area (Å²) in [6.07, 6.45) is 6.20. The number of aryl methyl sites for hydroxylation is 2. The SMILES string of the molecule is Clc1[c]nc2c(c1)CCC2. The van der Waals surface area contributed by atoms with Crippen LogP contribution in [-0.4, -0.2) is 4.98 Å². The number of hydrogen-bond acceptors (Lipinski definition) is 1. The molecule has 0 aliphatic heterocycles. The largest absolute Gasteiger partial charge is 0.249 e. The molecule has 51 valence electrons. The van der Waals surface area contributed by atoms with Crippen LogP contribution in [0.1, 0.15) is 17.7 Å². The number of hydrogen-bond donors (Lipinski definition) is 0. The van der Waals surface area contributed by atoms with Crippen LogP contribution in [0.15, 0.2) is 6.07 Å². The van der Waals surface area contributed by atoms with E-state index >= 15 is 0 Å². The van der Waals surface area contributed by atoms with Crippen LogP contribution in [0.25, 0.3) is 0 Å². The molecule has 0 N–H and O–H groups in total. The minimum Gasteiger partial charge on any atom is -0.249 e. The number of nitrogens with zero attached hydrogens (tertiary/aromatic N) is 1. The number of halogens is 1. The topological polar surface area (TPSA) is 12.9 Å². The molecule has 2 rings (SSSR count). The third-order valence-corrected chi connectivity index (χ3v) is 2.02. The first-order chi connectivity index (χ1) is 4.86. The van der Waals surface area contributed by atoms with Crippen molar-refractivity contribution in [2.75, 3.05) is 0 Å². The molecule has 0 atom stereocenters. The van der Waals surface area contributed by atoms with Gasteiger partial charge < -0.3 is 0 Å². The van der Waals surface area contributed by atoms with E-state index < -0.39 is 0 Å². The van der Waals surface area contributed by atoms with Gasteiger partial charge in [0.15, 0.2) is 0 Å². The Kier molecular flexibility index (Phi) is 1.38. The van der Waals surface area contributed by atoms with Crippen LogP contribution in [0.2, 0.25) is 5.02 Å². The molecule has 0 bridgehead atoms. The first kappa shape index (κ1) is 6.17. The maximum atomic E-state index is 5.71. The van der Waals surface area contributed by atoms with Gasteiger partial charge in [-0.1, -0.05) is 11.6 Å². The molecule has 0 unspecified atom stereocenters.